The summed E-state index contributed by atoms with van der Waals surface area (Å²) in [6.45, 7) is 2.32. The van der Waals surface area contributed by atoms with E-state index in [4.69, 9.17) is 5.11 Å². The van der Waals surface area contributed by atoms with E-state index in [1.807, 2.05) is 31.3 Å². The van der Waals surface area contributed by atoms with E-state index in [1.165, 1.54) is 0 Å². The third-order valence-electron chi connectivity index (χ3n) is 2.29. The van der Waals surface area contributed by atoms with Crippen LogP contribution in [0, 0.1) is 0 Å². The maximum atomic E-state index is 11.5. The quantitative estimate of drug-likeness (QED) is 0.715. The van der Waals surface area contributed by atoms with Gasteiger partial charge in [-0.1, -0.05) is 0 Å². The number of carbonyl (C=O) groups is 1. The lowest BCUT2D eigenvalue weighted by Crippen LogP contribution is -2.40. The molecular weight excluding hydrogens is 252 g/mol. The fourth-order valence-electron chi connectivity index (χ4n) is 1.29. The first-order chi connectivity index (χ1) is 8.52. The molecule has 0 aliphatic carbocycles. The van der Waals surface area contributed by atoms with Gasteiger partial charge in [-0.15, -0.1) is 11.3 Å². The summed E-state index contributed by atoms with van der Waals surface area (Å²) in [4.78, 5) is 17.8. The molecule has 7 heteroatoms. The molecule has 102 valence electrons. The fraction of sp³-hybridized carbons (Fsp3) is 0.636. The molecule has 1 aromatic rings. The van der Waals surface area contributed by atoms with Crippen molar-refractivity contribution in [1.82, 2.24) is 15.6 Å². The smallest absolute Gasteiger partial charge is 0.315 e. The zero-order chi connectivity index (χ0) is 13.5. The Morgan fingerprint density at radius 2 is 2.33 bits per heavy atom. The molecule has 1 aromatic heterocycles. The van der Waals surface area contributed by atoms with Crippen molar-refractivity contribution in [3.63, 3.8) is 0 Å². The normalized spacial score (nSPS) is 12.0. The highest BCUT2D eigenvalue weighted by atomic mass is 32.1. The molecule has 18 heavy (non-hydrogen) atoms. The summed E-state index contributed by atoms with van der Waals surface area (Å²) in [6, 6.07) is -0.280. The molecule has 1 atom stereocenters. The zero-order valence-corrected chi connectivity index (χ0v) is 11.8. The number of amides is 2. The van der Waals surface area contributed by atoms with Crippen molar-refractivity contribution in [2.45, 2.75) is 25.9 Å². The summed E-state index contributed by atoms with van der Waals surface area (Å²) in [5.74, 6) is 0. The number of hydrogen-bond donors (Lipinski definition) is 3. The molecule has 3 N–H and O–H groups in total. The zero-order valence-electron chi connectivity index (χ0n) is 10.9. The second kappa shape index (κ2) is 7.17. The van der Waals surface area contributed by atoms with E-state index in [0.717, 1.165) is 10.8 Å². The Bertz CT molecular complexity index is 381. The van der Waals surface area contributed by atoms with Crippen LogP contribution in [0.25, 0.3) is 0 Å². The van der Waals surface area contributed by atoms with Gasteiger partial charge in [0.2, 0.25) is 0 Å². The second-order valence-corrected chi connectivity index (χ2v) is 5.09. The van der Waals surface area contributed by atoms with Crippen LogP contribution in [0.5, 0.6) is 0 Å². The molecule has 0 bridgehead atoms. The summed E-state index contributed by atoms with van der Waals surface area (Å²) >= 11 is 1.54. The molecule has 6 nitrogen and oxygen atoms in total. The molecule has 1 heterocycles. The number of urea groups is 1. The molecule has 1 rings (SSSR count). The average Bonchev–Trinajstić information content (AvgIpc) is 2.75. The van der Waals surface area contributed by atoms with Crippen molar-refractivity contribution >= 4 is 22.5 Å². The van der Waals surface area contributed by atoms with Crippen LogP contribution < -0.4 is 15.5 Å². The van der Waals surface area contributed by atoms with Gasteiger partial charge in [-0.2, -0.15) is 0 Å². The highest BCUT2D eigenvalue weighted by Gasteiger charge is 2.08. The molecule has 0 unspecified atom stereocenters. The van der Waals surface area contributed by atoms with Crippen LogP contribution >= 0.6 is 11.3 Å². The van der Waals surface area contributed by atoms with Crippen LogP contribution in [0.4, 0.5) is 9.93 Å². The first-order valence-corrected chi connectivity index (χ1v) is 6.68. The van der Waals surface area contributed by atoms with Crippen molar-refractivity contribution in [2.75, 3.05) is 25.6 Å². The number of carbonyl (C=O) groups excluding carboxylic acids is 1. The number of nitrogens with one attached hydrogen (secondary N) is 2. The lowest BCUT2D eigenvalue weighted by Gasteiger charge is -2.12. The van der Waals surface area contributed by atoms with Gasteiger partial charge in [-0.05, 0) is 13.3 Å². The Hall–Kier alpha value is -1.34. The maximum absolute atomic E-state index is 11.5. The van der Waals surface area contributed by atoms with Crippen molar-refractivity contribution in [3.05, 3.63) is 11.1 Å². The summed E-state index contributed by atoms with van der Waals surface area (Å²) in [5.41, 5.74) is 0.841. The third kappa shape index (κ3) is 4.89. The molecular formula is C11H20N4O2S. The first-order valence-electron chi connectivity index (χ1n) is 5.80. The summed E-state index contributed by atoms with van der Waals surface area (Å²) in [6.07, 6.45) is 0.550. The van der Waals surface area contributed by atoms with Gasteiger partial charge < -0.3 is 20.6 Å². The van der Waals surface area contributed by atoms with E-state index in [0.29, 0.717) is 13.0 Å². The SMILES string of the molecule is C[C@H](CCO)NC(=O)NCc1csc(N(C)C)n1. The van der Waals surface area contributed by atoms with E-state index >= 15 is 0 Å². The number of anilines is 1. The summed E-state index contributed by atoms with van der Waals surface area (Å²) < 4.78 is 0. The molecule has 0 saturated carbocycles. The molecule has 0 radical (unpaired) electrons. The van der Waals surface area contributed by atoms with Crippen LogP contribution in [-0.2, 0) is 6.54 Å². The van der Waals surface area contributed by atoms with Gasteiger partial charge in [0.25, 0.3) is 0 Å². The number of rotatable bonds is 6. The van der Waals surface area contributed by atoms with Gasteiger partial charge in [0, 0.05) is 32.1 Å². The van der Waals surface area contributed by atoms with Gasteiger partial charge >= 0.3 is 6.03 Å². The van der Waals surface area contributed by atoms with E-state index in [2.05, 4.69) is 15.6 Å². The van der Waals surface area contributed by atoms with Crippen LogP contribution in [0.15, 0.2) is 5.38 Å². The lowest BCUT2D eigenvalue weighted by atomic mass is 10.2. The minimum atomic E-state index is -0.240. The fourth-order valence-corrected chi connectivity index (χ4v) is 2.05. The first kappa shape index (κ1) is 14.7. The second-order valence-electron chi connectivity index (χ2n) is 4.26. The Labute approximate surface area is 111 Å². The number of aliphatic hydroxyl groups excluding tert-OH is 1. The average molecular weight is 272 g/mol. The van der Waals surface area contributed by atoms with Gasteiger partial charge in [0.1, 0.15) is 0 Å². The largest absolute Gasteiger partial charge is 0.396 e. The molecule has 0 saturated heterocycles. The van der Waals surface area contributed by atoms with Crippen LogP contribution in [0.1, 0.15) is 19.0 Å². The topological polar surface area (TPSA) is 77.5 Å². The van der Waals surface area contributed by atoms with Gasteiger partial charge in [0.05, 0.1) is 12.2 Å². The number of aromatic nitrogens is 1. The van der Waals surface area contributed by atoms with E-state index in [1.54, 1.807) is 11.3 Å². The Kier molecular flexibility index (Phi) is 5.87. The van der Waals surface area contributed by atoms with Gasteiger partial charge in [-0.3, -0.25) is 0 Å². The van der Waals surface area contributed by atoms with Crippen LogP contribution in [0.3, 0.4) is 0 Å². The third-order valence-corrected chi connectivity index (χ3v) is 3.35. The van der Waals surface area contributed by atoms with Crippen molar-refractivity contribution < 1.29 is 9.90 Å². The summed E-state index contributed by atoms with van der Waals surface area (Å²) in [5, 5.41) is 17.0. The maximum Gasteiger partial charge on any atom is 0.315 e. The van der Waals surface area contributed by atoms with E-state index in [-0.39, 0.29) is 18.7 Å². The Morgan fingerprint density at radius 1 is 1.61 bits per heavy atom. The Balaban J connectivity index is 2.33. The lowest BCUT2D eigenvalue weighted by molar-refractivity contribution is 0.230. The van der Waals surface area contributed by atoms with Crippen LogP contribution in [-0.4, -0.2) is 42.9 Å². The number of hydrogen-bond acceptors (Lipinski definition) is 5. The summed E-state index contributed by atoms with van der Waals surface area (Å²) in [7, 11) is 3.86. The van der Waals surface area contributed by atoms with E-state index in [9.17, 15) is 4.79 Å². The van der Waals surface area contributed by atoms with E-state index < -0.39 is 0 Å². The van der Waals surface area contributed by atoms with Crippen molar-refractivity contribution in [1.29, 1.82) is 0 Å². The molecule has 0 aromatic carbocycles. The number of thiazole rings is 1. The van der Waals surface area contributed by atoms with Crippen molar-refractivity contribution in [3.8, 4) is 0 Å². The molecule has 0 aliphatic heterocycles. The standard InChI is InChI=1S/C11H20N4O2S/c1-8(4-5-16)13-10(17)12-6-9-7-18-11(14-9)15(2)3/h7-8,16H,4-6H2,1-3H3,(H2,12,13,17)/t8-/m1/s1. The highest BCUT2D eigenvalue weighted by Crippen LogP contribution is 2.17. The molecule has 0 fully saturated rings. The molecule has 0 spiro atoms. The minimum Gasteiger partial charge on any atom is -0.396 e. The van der Waals surface area contributed by atoms with Crippen LogP contribution in [0.2, 0.25) is 0 Å². The predicted molar refractivity (Wildman–Crippen MR) is 73.0 cm³/mol. The monoisotopic (exact) mass is 272 g/mol. The predicted octanol–water partition coefficient (Wildman–Crippen LogP) is 0.779. The minimum absolute atomic E-state index is 0.0391. The van der Waals surface area contributed by atoms with Gasteiger partial charge in [0.15, 0.2) is 5.13 Å². The molecule has 0 aliphatic rings. The highest BCUT2D eigenvalue weighted by molar-refractivity contribution is 7.13. The van der Waals surface area contributed by atoms with Crippen molar-refractivity contribution in [2.24, 2.45) is 0 Å². The Morgan fingerprint density at radius 3 is 2.89 bits per heavy atom. The molecule has 2 amide bonds. The number of nitrogens with zero attached hydrogens (tertiary/aromatic N) is 2. The number of aliphatic hydroxyl groups is 1. The van der Waals surface area contributed by atoms with Gasteiger partial charge in [-0.25, -0.2) is 9.78 Å².